The standard InChI is InChI=1S/C15H10INO2/c16-14-6-3-11(8-15(14)19)12(9-17)7-10-1-4-13(18)5-2-10/h1-8,18-19H. The van der Waals surface area contributed by atoms with Crippen molar-refractivity contribution in [2.24, 2.45) is 0 Å². The fourth-order valence-corrected chi connectivity index (χ4v) is 1.93. The first-order chi connectivity index (χ1) is 9.10. The van der Waals surface area contributed by atoms with Gasteiger partial charge in [0.05, 0.1) is 15.2 Å². The molecule has 2 aromatic carbocycles. The van der Waals surface area contributed by atoms with Crippen LogP contribution in [-0.2, 0) is 0 Å². The molecular weight excluding hydrogens is 353 g/mol. The van der Waals surface area contributed by atoms with Crippen LogP contribution in [0.2, 0.25) is 0 Å². The van der Waals surface area contributed by atoms with Gasteiger partial charge in [-0.3, -0.25) is 0 Å². The molecule has 0 aliphatic rings. The maximum Gasteiger partial charge on any atom is 0.129 e. The van der Waals surface area contributed by atoms with E-state index in [1.54, 1.807) is 48.5 Å². The number of rotatable bonds is 2. The van der Waals surface area contributed by atoms with Gasteiger partial charge in [-0.15, -0.1) is 0 Å². The molecule has 4 heteroatoms. The molecule has 0 aliphatic carbocycles. The second-order valence-corrected chi connectivity index (χ2v) is 5.09. The SMILES string of the molecule is N#CC(=Cc1ccc(O)cc1)c1ccc(I)c(O)c1. The third-order valence-electron chi connectivity index (χ3n) is 2.58. The third-order valence-corrected chi connectivity index (χ3v) is 3.49. The summed E-state index contributed by atoms with van der Waals surface area (Å²) < 4.78 is 0.739. The minimum Gasteiger partial charge on any atom is -0.508 e. The van der Waals surface area contributed by atoms with Gasteiger partial charge < -0.3 is 10.2 Å². The highest BCUT2D eigenvalue weighted by Crippen LogP contribution is 2.26. The van der Waals surface area contributed by atoms with Crippen LogP contribution in [-0.4, -0.2) is 10.2 Å². The summed E-state index contributed by atoms with van der Waals surface area (Å²) in [5, 5.41) is 28.1. The Morgan fingerprint density at radius 1 is 1.11 bits per heavy atom. The van der Waals surface area contributed by atoms with E-state index in [1.165, 1.54) is 0 Å². The van der Waals surface area contributed by atoms with Crippen molar-refractivity contribution in [2.75, 3.05) is 0 Å². The highest BCUT2D eigenvalue weighted by atomic mass is 127. The first-order valence-electron chi connectivity index (χ1n) is 5.50. The lowest BCUT2D eigenvalue weighted by Crippen LogP contribution is -1.84. The number of phenols is 2. The predicted molar refractivity (Wildman–Crippen MR) is 82.4 cm³/mol. The van der Waals surface area contributed by atoms with Gasteiger partial charge in [-0.25, -0.2) is 0 Å². The molecule has 2 rings (SSSR count). The number of nitrogens with zero attached hydrogens (tertiary/aromatic N) is 1. The van der Waals surface area contributed by atoms with Crippen molar-refractivity contribution in [2.45, 2.75) is 0 Å². The molecule has 0 radical (unpaired) electrons. The molecule has 94 valence electrons. The average molecular weight is 363 g/mol. The van der Waals surface area contributed by atoms with E-state index in [-0.39, 0.29) is 11.5 Å². The molecule has 0 atom stereocenters. The predicted octanol–water partition coefficient (Wildman–Crippen LogP) is 3.77. The van der Waals surface area contributed by atoms with Gasteiger partial charge in [0.1, 0.15) is 11.5 Å². The smallest absolute Gasteiger partial charge is 0.129 e. The molecule has 0 aromatic heterocycles. The molecule has 0 aliphatic heterocycles. The Bertz CT molecular complexity index is 670. The quantitative estimate of drug-likeness (QED) is 0.485. The Hall–Kier alpha value is -2.00. The van der Waals surface area contributed by atoms with E-state index in [2.05, 4.69) is 6.07 Å². The molecule has 0 saturated carbocycles. The van der Waals surface area contributed by atoms with Crippen molar-refractivity contribution >= 4 is 34.2 Å². The first kappa shape index (κ1) is 13.4. The van der Waals surface area contributed by atoms with E-state index in [0.717, 1.165) is 9.13 Å². The topological polar surface area (TPSA) is 64.2 Å². The molecule has 0 unspecified atom stereocenters. The maximum atomic E-state index is 9.67. The van der Waals surface area contributed by atoms with Crippen LogP contribution < -0.4 is 0 Å². The Balaban J connectivity index is 2.42. The Kier molecular flexibility index (Phi) is 4.07. The summed E-state index contributed by atoms with van der Waals surface area (Å²) in [7, 11) is 0. The Morgan fingerprint density at radius 2 is 1.79 bits per heavy atom. The van der Waals surface area contributed by atoms with Crippen LogP contribution in [0.25, 0.3) is 11.6 Å². The summed E-state index contributed by atoms with van der Waals surface area (Å²) in [6.07, 6.45) is 1.71. The van der Waals surface area contributed by atoms with Gasteiger partial charge in [-0.05, 0) is 64.1 Å². The zero-order valence-corrected chi connectivity index (χ0v) is 12.0. The zero-order valence-electron chi connectivity index (χ0n) is 9.84. The molecule has 2 N–H and O–H groups in total. The van der Waals surface area contributed by atoms with Crippen molar-refractivity contribution in [3.63, 3.8) is 0 Å². The van der Waals surface area contributed by atoms with Gasteiger partial charge in [-0.2, -0.15) is 5.26 Å². The number of halogens is 1. The first-order valence-corrected chi connectivity index (χ1v) is 6.58. The van der Waals surface area contributed by atoms with Gasteiger partial charge in [0.2, 0.25) is 0 Å². The van der Waals surface area contributed by atoms with Gasteiger partial charge in [-0.1, -0.05) is 18.2 Å². The minimum atomic E-state index is 0.157. The molecule has 19 heavy (non-hydrogen) atoms. The largest absolute Gasteiger partial charge is 0.508 e. The van der Waals surface area contributed by atoms with E-state index in [4.69, 9.17) is 0 Å². The molecule has 0 amide bonds. The molecular formula is C15H10INO2. The summed E-state index contributed by atoms with van der Waals surface area (Å²) in [5.41, 5.74) is 1.93. The van der Waals surface area contributed by atoms with Crippen LogP contribution >= 0.6 is 22.6 Å². The number of phenolic OH excluding ortho intramolecular Hbond substituents is 2. The molecule has 0 heterocycles. The number of benzene rings is 2. The lowest BCUT2D eigenvalue weighted by atomic mass is 10.0. The fourth-order valence-electron chi connectivity index (χ4n) is 1.60. The third kappa shape index (κ3) is 3.26. The van der Waals surface area contributed by atoms with Gasteiger partial charge in [0.25, 0.3) is 0 Å². The van der Waals surface area contributed by atoms with E-state index in [9.17, 15) is 15.5 Å². The van der Waals surface area contributed by atoms with Crippen LogP contribution in [0.3, 0.4) is 0 Å². The van der Waals surface area contributed by atoms with Crippen molar-refractivity contribution in [1.82, 2.24) is 0 Å². The van der Waals surface area contributed by atoms with Gasteiger partial charge >= 0.3 is 0 Å². The van der Waals surface area contributed by atoms with E-state index in [0.29, 0.717) is 11.1 Å². The highest BCUT2D eigenvalue weighted by molar-refractivity contribution is 14.1. The number of aromatic hydroxyl groups is 2. The summed E-state index contributed by atoms with van der Waals surface area (Å²) in [4.78, 5) is 0. The van der Waals surface area contributed by atoms with E-state index in [1.807, 2.05) is 22.6 Å². The summed E-state index contributed by atoms with van der Waals surface area (Å²) in [6, 6.07) is 13.8. The zero-order chi connectivity index (χ0) is 13.8. The molecule has 0 spiro atoms. The van der Waals surface area contributed by atoms with Gasteiger partial charge in [0, 0.05) is 0 Å². The lowest BCUT2D eigenvalue weighted by molar-refractivity contribution is 0.471. The Labute approximate surface area is 124 Å². The number of hydrogen-bond acceptors (Lipinski definition) is 3. The van der Waals surface area contributed by atoms with Crippen molar-refractivity contribution in [3.8, 4) is 17.6 Å². The van der Waals surface area contributed by atoms with Crippen LogP contribution in [0.15, 0.2) is 42.5 Å². The fraction of sp³-hybridized carbons (Fsp3) is 0. The van der Waals surface area contributed by atoms with Crippen LogP contribution in [0.5, 0.6) is 11.5 Å². The second kappa shape index (κ2) is 5.76. The number of allylic oxidation sites excluding steroid dienone is 1. The van der Waals surface area contributed by atoms with Crippen molar-refractivity contribution < 1.29 is 10.2 Å². The number of nitriles is 1. The highest BCUT2D eigenvalue weighted by Gasteiger charge is 2.05. The normalized spacial score (nSPS) is 11.1. The molecule has 0 fully saturated rings. The molecule has 0 saturated heterocycles. The van der Waals surface area contributed by atoms with E-state index < -0.39 is 0 Å². The summed E-state index contributed by atoms with van der Waals surface area (Å²) in [6.45, 7) is 0. The average Bonchev–Trinajstić information content (AvgIpc) is 2.41. The summed E-state index contributed by atoms with van der Waals surface area (Å²) in [5.74, 6) is 0.340. The minimum absolute atomic E-state index is 0.157. The van der Waals surface area contributed by atoms with Crippen LogP contribution in [0, 0.1) is 14.9 Å². The Morgan fingerprint density at radius 3 is 2.37 bits per heavy atom. The van der Waals surface area contributed by atoms with Crippen molar-refractivity contribution in [1.29, 1.82) is 5.26 Å². The molecule has 3 nitrogen and oxygen atoms in total. The van der Waals surface area contributed by atoms with Crippen molar-refractivity contribution in [3.05, 3.63) is 57.2 Å². The number of hydrogen-bond donors (Lipinski definition) is 2. The molecule has 0 bridgehead atoms. The van der Waals surface area contributed by atoms with Crippen LogP contribution in [0.4, 0.5) is 0 Å². The monoisotopic (exact) mass is 363 g/mol. The van der Waals surface area contributed by atoms with Crippen LogP contribution in [0.1, 0.15) is 11.1 Å². The maximum absolute atomic E-state index is 9.67. The van der Waals surface area contributed by atoms with Gasteiger partial charge in [0.15, 0.2) is 0 Å². The van der Waals surface area contributed by atoms with E-state index >= 15 is 0 Å². The second-order valence-electron chi connectivity index (χ2n) is 3.93. The molecule has 2 aromatic rings. The lowest BCUT2D eigenvalue weighted by Gasteiger charge is -2.02. The summed E-state index contributed by atoms with van der Waals surface area (Å²) >= 11 is 2.02.